The Balaban J connectivity index is 2.56. The number of ether oxygens (including phenoxy) is 1. The quantitative estimate of drug-likeness (QED) is 0.859. The van der Waals surface area contributed by atoms with Crippen molar-refractivity contribution in [3.05, 3.63) is 29.6 Å². The van der Waals surface area contributed by atoms with E-state index in [4.69, 9.17) is 4.74 Å². The third kappa shape index (κ3) is 5.73. The van der Waals surface area contributed by atoms with Gasteiger partial charge >= 0.3 is 0 Å². The molecule has 0 aliphatic rings. The minimum Gasteiger partial charge on any atom is -0.488 e. The summed E-state index contributed by atoms with van der Waals surface area (Å²) in [5.74, 6) is 0.146. The summed E-state index contributed by atoms with van der Waals surface area (Å²) in [6.45, 7) is 8.00. The summed E-state index contributed by atoms with van der Waals surface area (Å²) >= 11 is 0. The third-order valence-electron chi connectivity index (χ3n) is 2.44. The monoisotopic (exact) mass is 267 g/mol. The van der Waals surface area contributed by atoms with Crippen LogP contribution in [0.5, 0.6) is 5.75 Å². The Bertz CT molecular complexity index is 430. The fourth-order valence-corrected chi connectivity index (χ4v) is 1.65. The van der Waals surface area contributed by atoms with Gasteiger partial charge in [-0.05, 0) is 37.5 Å². The molecule has 0 aliphatic carbocycles. The summed E-state index contributed by atoms with van der Waals surface area (Å²) in [6, 6.07) is 4.75. The van der Waals surface area contributed by atoms with Crippen LogP contribution in [0.3, 0.4) is 0 Å². The Labute approximate surface area is 114 Å². The van der Waals surface area contributed by atoms with E-state index in [1.807, 2.05) is 27.7 Å². The van der Waals surface area contributed by atoms with Crippen molar-refractivity contribution in [2.24, 2.45) is 5.92 Å². The van der Waals surface area contributed by atoms with Crippen molar-refractivity contribution in [1.29, 1.82) is 0 Å². The molecule has 0 aliphatic heterocycles. The molecule has 0 atom stereocenters. The van der Waals surface area contributed by atoms with Gasteiger partial charge in [0.2, 0.25) is 5.91 Å². The lowest BCUT2D eigenvalue weighted by molar-refractivity contribution is -0.121. The molecule has 0 radical (unpaired) electrons. The number of nitrogens with one attached hydrogen (secondary N) is 1. The van der Waals surface area contributed by atoms with Crippen LogP contribution in [0.25, 0.3) is 0 Å². The smallest absolute Gasteiger partial charge is 0.220 e. The highest BCUT2D eigenvalue weighted by Gasteiger charge is 2.08. The molecule has 0 spiro atoms. The average Bonchev–Trinajstić information content (AvgIpc) is 2.28. The summed E-state index contributed by atoms with van der Waals surface area (Å²) in [7, 11) is 0. The summed E-state index contributed by atoms with van der Waals surface area (Å²) in [6.07, 6.45) is 0.419. The molecule has 3 nitrogen and oxygen atoms in total. The maximum absolute atomic E-state index is 13.7. The van der Waals surface area contributed by atoms with Crippen molar-refractivity contribution in [2.75, 3.05) is 0 Å². The second-order valence-corrected chi connectivity index (χ2v) is 5.31. The summed E-state index contributed by atoms with van der Waals surface area (Å²) in [5.41, 5.74) is 0.728. The van der Waals surface area contributed by atoms with Crippen molar-refractivity contribution < 1.29 is 13.9 Å². The van der Waals surface area contributed by atoms with Crippen LogP contribution in [0.1, 0.15) is 39.7 Å². The SMILES string of the molecule is CC(C)CC(=O)NCc1ccc(OC(C)C)c(F)c1. The van der Waals surface area contributed by atoms with Crippen LogP contribution < -0.4 is 10.1 Å². The molecular formula is C15H22FNO2. The minimum absolute atomic E-state index is 0.0158. The predicted octanol–water partition coefficient (Wildman–Crippen LogP) is 3.28. The van der Waals surface area contributed by atoms with Crippen LogP contribution in [-0.4, -0.2) is 12.0 Å². The second kappa shape index (κ2) is 7.12. The Hall–Kier alpha value is -1.58. The molecule has 1 aromatic carbocycles. The number of hydrogen-bond donors (Lipinski definition) is 1. The molecule has 0 bridgehead atoms. The molecule has 0 saturated heterocycles. The van der Waals surface area contributed by atoms with Gasteiger partial charge in [-0.25, -0.2) is 4.39 Å². The highest BCUT2D eigenvalue weighted by molar-refractivity contribution is 5.76. The molecule has 19 heavy (non-hydrogen) atoms. The van der Waals surface area contributed by atoms with Crippen molar-refractivity contribution in [3.63, 3.8) is 0 Å². The zero-order chi connectivity index (χ0) is 14.4. The van der Waals surface area contributed by atoms with Crippen molar-refractivity contribution in [1.82, 2.24) is 5.32 Å². The lowest BCUT2D eigenvalue weighted by Crippen LogP contribution is -2.23. The van der Waals surface area contributed by atoms with E-state index in [-0.39, 0.29) is 17.8 Å². The largest absolute Gasteiger partial charge is 0.488 e. The van der Waals surface area contributed by atoms with Crippen LogP contribution in [-0.2, 0) is 11.3 Å². The fraction of sp³-hybridized carbons (Fsp3) is 0.533. The van der Waals surface area contributed by atoms with Crippen LogP contribution in [0.2, 0.25) is 0 Å². The summed E-state index contributed by atoms with van der Waals surface area (Å²) < 4.78 is 19.0. The first kappa shape index (κ1) is 15.5. The summed E-state index contributed by atoms with van der Waals surface area (Å²) in [5, 5.41) is 2.77. The van der Waals surface area contributed by atoms with Crippen molar-refractivity contribution in [2.45, 2.75) is 46.8 Å². The number of benzene rings is 1. The fourth-order valence-electron chi connectivity index (χ4n) is 1.65. The van der Waals surface area contributed by atoms with Crippen LogP contribution in [0, 0.1) is 11.7 Å². The van der Waals surface area contributed by atoms with E-state index >= 15 is 0 Å². The number of halogens is 1. The number of hydrogen-bond acceptors (Lipinski definition) is 2. The van der Waals surface area contributed by atoms with Crippen molar-refractivity contribution in [3.8, 4) is 5.75 Å². The van der Waals surface area contributed by atoms with Crippen molar-refractivity contribution >= 4 is 5.91 Å². The normalized spacial score (nSPS) is 10.9. The van der Waals surface area contributed by atoms with Gasteiger partial charge in [0.05, 0.1) is 6.10 Å². The minimum atomic E-state index is -0.399. The number of rotatable bonds is 6. The van der Waals surface area contributed by atoms with Crippen LogP contribution in [0.15, 0.2) is 18.2 Å². The molecule has 0 heterocycles. The molecule has 0 aromatic heterocycles. The van der Waals surface area contributed by atoms with E-state index in [9.17, 15) is 9.18 Å². The van der Waals surface area contributed by atoms with Gasteiger partial charge in [0.1, 0.15) is 0 Å². The molecule has 0 saturated carbocycles. The van der Waals surface area contributed by atoms with E-state index in [0.717, 1.165) is 5.56 Å². The molecule has 0 unspecified atom stereocenters. The zero-order valence-corrected chi connectivity index (χ0v) is 12.0. The average molecular weight is 267 g/mol. The third-order valence-corrected chi connectivity index (χ3v) is 2.44. The first-order chi connectivity index (χ1) is 8.88. The van der Waals surface area contributed by atoms with Gasteiger partial charge in [-0.3, -0.25) is 4.79 Å². The maximum atomic E-state index is 13.7. The molecule has 106 valence electrons. The lowest BCUT2D eigenvalue weighted by atomic mass is 10.1. The van der Waals surface area contributed by atoms with E-state index in [0.29, 0.717) is 18.9 Å². The van der Waals surface area contributed by atoms with Gasteiger partial charge in [0.25, 0.3) is 0 Å². The molecule has 4 heteroatoms. The van der Waals surface area contributed by atoms with Crippen LogP contribution >= 0.6 is 0 Å². The van der Waals surface area contributed by atoms with E-state index in [2.05, 4.69) is 5.32 Å². The zero-order valence-electron chi connectivity index (χ0n) is 12.0. The topological polar surface area (TPSA) is 38.3 Å². The van der Waals surface area contributed by atoms with Gasteiger partial charge < -0.3 is 10.1 Å². The molecular weight excluding hydrogens is 245 g/mol. The molecule has 1 N–H and O–H groups in total. The van der Waals surface area contributed by atoms with Gasteiger partial charge in [0, 0.05) is 13.0 Å². The number of amides is 1. The highest BCUT2D eigenvalue weighted by atomic mass is 19.1. The Morgan fingerprint density at radius 1 is 1.32 bits per heavy atom. The van der Waals surface area contributed by atoms with E-state index < -0.39 is 5.82 Å². The van der Waals surface area contributed by atoms with Gasteiger partial charge in [0.15, 0.2) is 11.6 Å². The van der Waals surface area contributed by atoms with Gasteiger partial charge in [-0.15, -0.1) is 0 Å². The molecule has 1 aromatic rings. The van der Waals surface area contributed by atoms with E-state index in [1.54, 1.807) is 12.1 Å². The lowest BCUT2D eigenvalue weighted by Gasteiger charge is -2.12. The second-order valence-electron chi connectivity index (χ2n) is 5.31. The molecule has 1 rings (SSSR count). The Morgan fingerprint density at radius 3 is 2.53 bits per heavy atom. The standard InChI is InChI=1S/C15H22FNO2/c1-10(2)7-15(18)17-9-12-5-6-14(13(16)8-12)19-11(3)4/h5-6,8,10-11H,7,9H2,1-4H3,(H,17,18). The molecule has 0 fully saturated rings. The number of carbonyl (C=O) groups excluding carboxylic acids is 1. The Morgan fingerprint density at radius 2 is 2.00 bits per heavy atom. The van der Waals surface area contributed by atoms with Crippen LogP contribution in [0.4, 0.5) is 4.39 Å². The highest BCUT2D eigenvalue weighted by Crippen LogP contribution is 2.19. The summed E-state index contributed by atoms with van der Waals surface area (Å²) in [4.78, 5) is 11.5. The van der Waals surface area contributed by atoms with E-state index in [1.165, 1.54) is 6.07 Å². The predicted molar refractivity (Wildman–Crippen MR) is 73.5 cm³/mol. The Kier molecular flexibility index (Phi) is 5.80. The number of carbonyl (C=O) groups is 1. The first-order valence-electron chi connectivity index (χ1n) is 6.60. The van der Waals surface area contributed by atoms with Gasteiger partial charge in [-0.2, -0.15) is 0 Å². The van der Waals surface area contributed by atoms with Gasteiger partial charge in [-0.1, -0.05) is 19.9 Å². The first-order valence-corrected chi connectivity index (χ1v) is 6.60. The molecule has 1 amide bonds. The maximum Gasteiger partial charge on any atom is 0.220 e.